The maximum absolute atomic E-state index is 12.9. The second kappa shape index (κ2) is 9.79. The van der Waals surface area contributed by atoms with Crippen molar-refractivity contribution in [3.05, 3.63) is 68.6 Å². The molecule has 0 N–H and O–H groups in total. The van der Waals surface area contributed by atoms with Gasteiger partial charge >= 0.3 is 0 Å². The van der Waals surface area contributed by atoms with E-state index in [0.717, 1.165) is 36.1 Å². The standard InChI is InChI=1S/C23H25ClF2N6O2/c24-22-19(12-29-32(23(22)33)21-5-1-2-9-34-21)30-8-6-18-16(13-30)11-28-31(18)14-15-4-3-7-27-17(15)10-20(25)26/h3-4,7,11-12,20-21H,1-2,5-6,8-10,13-14H2. The van der Waals surface area contributed by atoms with Crippen LogP contribution in [-0.2, 0) is 30.7 Å². The molecule has 1 unspecified atom stereocenters. The first-order valence-corrected chi connectivity index (χ1v) is 11.8. The van der Waals surface area contributed by atoms with Crippen LogP contribution in [0.1, 0.15) is 48.0 Å². The number of nitrogens with zero attached hydrogens (tertiary/aromatic N) is 6. The zero-order valence-corrected chi connectivity index (χ0v) is 19.3. The van der Waals surface area contributed by atoms with Crippen molar-refractivity contribution in [3.63, 3.8) is 0 Å². The Morgan fingerprint density at radius 2 is 2.12 bits per heavy atom. The number of anilines is 1. The van der Waals surface area contributed by atoms with Gasteiger partial charge in [0.05, 0.1) is 36.7 Å². The summed E-state index contributed by atoms with van der Waals surface area (Å²) in [7, 11) is 0. The first-order chi connectivity index (χ1) is 16.5. The maximum Gasteiger partial charge on any atom is 0.290 e. The Kier molecular flexibility index (Phi) is 6.60. The number of aromatic nitrogens is 5. The third-order valence-corrected chi connectivity index (χ3v) is 6.72. The summed E-state index contributed by atoms with van der Waals surface area (Å²) in [4.78, 5) is 19.0. The minimum absolute atomic E-state index is 0.131. The second-order valence-corrected chi connectivity index (χ2v) is 8.94. The lowest BCUT2D eigenvalue weighted by molar-refractivity contribution is -0.0424. The van der Waals surface area contributed by atoms with E-state index in [-0.39, 0.29) is 23.2 Å². The number of hydrogen-bond acceptors (Lipinski definition) is 6. The van der Waals surface area contributed by atoms with E-state index in [2.05, 4.69) is 15.2 Å². The Labute approximate surface area is 200 Å². The van der Waals surface area contributed by atoms with Crippen molar-refractivity contribution in [3.8, 4) is 0 Å². The van der Waals surface area contributed by atoms with Gasteiger partial charge in [0, 0.05) is 43.6 Å². The van der Waals surface area contributed by atoms with Crippen LogP contribution in [0.3, 0.4) is 0 Å². The Morgan fingerprint density at radius 3 is 2.91 bits per heavy atom. The van der Waals surface area contributed by atoms with Gasteiger partial charge in [-0.25, -0.2) is 8.78 Å². The van der Waals surface area contributed by atoms with Gasteiger partial charge in [0.2, 0.25) is 6.43 Å². The molecular formula is C23H25ClF2N6O2. The number of rotatable bonds is 6. The van der Waals surface area contributed by atoms with Crippen molar-refractivity contribution in [2.45, 2.75) is 57.8 Å². The van der Waals surface area contributed by atoms with Crippen molar-refractivity contribution in [1.82, 2.24) is 24.5 Å². The molecule has 0 saturated carbocycles. The van der Waals surface area contributed by atoms with Gasteiger partial charge in [0.15, 0.2) is 6.23 Å². The van der Waals surface area contributed by atoms with Gasteiger partial charge in [-0.15, -0.1) is 0 Å². The molecule has 0 radical (unpaired) electrons. The normalized spacial score (nSPS) is 18.4. The molecule has 34 heavy (non-hydrogen) atoms. The predicted octanol–water partition coefficient (Wildman–Crippen LogP) is 3.61. The van der Waals surface area contributed by atoms with Gasteiger partial charge in [0.25, 0.3) is 5.56 Å². The van der Waals surface area contributed by atoms with E-state index < -0.39 is 6.43 Å². The molecule has 8 nitrogen and oxygen atoms in total. The molecule has 1 atom stereocenters. The number of hydrogen-bond donors (Lipinski definition) is 0. The van der Waals surface area contributed by atoms with Crippen LogP contribution in [0, 0.1) is 0 Å². The largest absolute Gasteiger partial charge is 0.364 e. The van der Waals surface area contributed by atoms with Crippen molar-refractivity contribution in [1.29, 1.82) is 0 Å². The molecule has 3 aromatic heterocycles. The Bertz CT molecular complexity index is 1220. The summed E-state index contributed by atoms with van der Waals surface area (Å²) in [6.07, 6.45) is 5.12. The number of fused-ring (bicyclic) bond motifs is 1. The highest BCUT2D eigenvalue weighted by molar-refractivity contribution is 6.33. The quantitative estimate of drug-likeness (QED) is 0.525. The topological polar surface area (TPSA) is 78.1 Å². The molecule has 5 rings (SSSR count). The number of pyridine rings is 1. The van der Waals surface area contributed by atoms with E-state index in [1.807, 2.05) is 15.6 Å². The molecule has 0 amide bonds. The van der Waals surface area contributed by atoms with Crippen LogP contribution in [0.25, 0.3) is 0 Å². The summed E-state index contributed by atoms with van der Waals surface area (Å²) in [5, 5.41) is 8.98. The van der Waals surface area contributed by atoms with Crippen molar-refractivity contribution in [2.75, 3.05) is 18.1 Å². The third kappa shape index (κ3) is 4.56. The monoisotopic (exact) mass is 490 g/mol. The Morgan fingerprint density at radius 1 is 1.24 bits per heavy atom. The van der Waals surface area contributed by atoms with E-state index >= 15 is 0 Å². The summed E-state index contributed by atoms with van der Waals surface area (Å²) >= 11 is 6.49. The molecule has 2 aliphatic rings. The molecule has 0 bridgehead atoms. The lowest BCUT2D eigenvalue weighted by Gasteiger charge is -2.30. The highest BCUT2D eigenvalue weighted by atomic mass is 35.5. The van der Waals surface area contributed by atoms with Crippen LogP contribution >= 0.6 is 11.6 Å². The highest BCUT2D eigenvalue weighted by Crippen LogP contribution is 2.29. The smallest absolute Gasteiger partial charge is 0.290 e. The molecule has 180 valence electrons. The fourth-order valence-corrected chi connectivity index (χ4v) is 4.88. The number of alkyl halides is 2. The van der Waals surface area contributed by atoms with E-state index in [4.69, 9.17) is 16.3 Å². The molecule has 3 aromatic rings. The van der Waals surface area contributed by atoms with E-state index in [1.165, 1.54) is 10.9 Å². The summed E-state index contributed by atoms with van der Waals surface area (Å²) in [6.45, 7) is 2.14. The van der Waals surface area contributed by atoms with Crippen LogP contribution in [0.15, 0.2) is 35.5 Å². The van der Waals surface area contributed by atoms with Crippen molar-refractivity contribution >= 4 is 17.3 Å². The van der Waals surface area contributed by atoms with E-state index in [9.17, 15) is 13.6 Å². The lowest BCUT2D eigenvalue weighted by atomic mass is 10.1. The molecule has 0 aromatic carbocycles. The minimum Gasteiger partial charge on any atom is -0.364 e. The van der Waals surface area contributed by atoms with Crippen LogP contribution in [0.4, 0.5) is 14.5 Å². The third-order valence-electron chi connectivity index (χ3n) is 6.36. The van der Waals surface area contributed by atoms with E-state index in [1.54, 1.807) is 18.5 Å². The summed E-state index contributed by atoms with van der Waals surface area (Å²) in [5.74, 6) is 0. The molecule has 1 fully saturated rings. The minimum atomic E-state index is -2.45. The van der Waals surface area contributed by atoms with Crippen molar-refractivity contribution < 1.29 is 13.5 Å². The summed E-state index contributed by atoms with van der Waals surface area (Å²) in [6, 6.07) is 3.56. The molecule has 0 spiro atoms. The highest BCUT2D eigenvalue weighted by Gasteiger charge is 2.26. The molecule has 11 heteroatoms. The van der Waals surface area contributed by atoms with Gasteiger partial charge in [-0.3, -0.25) is 14.5 Å². The molecule has 0 aliphatic carbocycles. The lowest BCUT2D eigenvalue weighted by Crippen LogP contribution is -2.35. The van der Waals surface area contributed by atoms with Crippen LogP contribution in [0.5, 0.6) is 0 Å². The summed E-state index contributed by atoms with van der Waals surface area (Å²) in [5.41, 5.74) is 3.40. The number of halogens is 3. The van der Waals surface area contributed by atoms with Gasteiger partial charge in [-0.1, -0.05) is 17.7 Å². The van der Waals surface area contributed by atoms with Crippen LogP contribution in [0.2, 0.25) is 5.02 Å². The Hall–Kier alpha value is -2.85. The van der Waals surface area contributed by atoms with Crippen LogP contribution < -0.4 is 10.5 Å². The van der Waals surface area contributed by atoms with Gasteiger partial charge < -0.3 is 9.64 Å². The zero-order chi connectivity index (χ0) is 23.7. The predicted molar refractivity (Wildman–Crippen MR) is 122 cm³/mol. The average molecular weight is 491 g/mol. The fourth-order valence-electron chi connectivity index (χ4n) is 4.62. The second-order valence-electron chi connectivity index (χ2n) is 8.56. The molecule has 2 aliphatic heterocycles. The molecule has 5 heterocycles. The average Bonchev–Trinajstić information content (AvgIpc) is 3.24. The van der Waals surface area contributed by atoms with E-state index in [0.29, 0.717) is 44.0 Å². The maximum atomic E-state index is 12.9. The van der Waals surface area contributed by atoms with Crippen molar-refractivity contribution in [2.24, 2.45) is 0 Å². The zero-order valence-electron chi connectivity index (χ0n) is 18.5. The summed E-state index contributed by atoms with van der Waals surface area (Å²) < 4.78 is 34.7. The fraction of sp³-hybridized carbons (Fsp3) is 0.478. The Balaban J connectivity index is 1.34. The first-order valence-electron chi connectivity index (χ1n) is 11.4. The van der Waals surface area contributed by atoms with Gasteiger partial charge in [0.1, 0.15) is 5.02 Å². The first kappa shape index (κ1) is 22.9. The molecular weight excluding hydrogens is 466 g/mol. The van der Waals surface area contributed by atoms with Gasteiger partial charge in [-0.05, 0) is 30.9 Å². The van der Waals surface area contributed by atoms with Gasteiger partial charge in [-0.2, -0.15) is 14.9 Å². The number of ether oxygens (including phenoxy) is 1. The van der Waals surface area contributed by atoms with Crippen LogP contribution in [-0.4, -0.2) is 44.1 Å². The molecule has 1 saturated heterocycles. The SMILES string of the molecule is O=c1c(Cl)c(N2CCc3c(cnn3Cc3cccnc3CC(F)F)C2)cnn1C1CCCCO1.